The zero-order valence-electron chi connectivity index (χ0n) is 9.54. The molecule has 2 heterocycles. The van der Waals surface area contributed by atoms with Crippen LogP contribution in [0.15, 0.2) is 9.64 Å². The van der Waals surface area contributed by atoms with E-state index in [2.05, 4.69) is 10.2 Å². The largest absolute Gasteiger partial charge is 0.415 e. The summed E-state index contributed by atoms with van der Waals surface area (Å²) < 4.78 is 5.22. The summed E-state index contributed by atoms with van der Waals surface area (Å²) in [5.41, 5.74) is 5.36. The van der Waals surface area contributed by atoms with E-state index in [-0.39, 0.29) is 30.8 Å². The van der Waals surface area contributed by atoms with Crippen LogP contribution >= 0.6 is 11.8 Å². The van der Waals surface area contributed by atoms with Crippen molar-refractivity contribution in [3.8, 4) is 0 Å². The van der Waals surface area contributed by atoms with Gasteiger partial charge in [-0.05, 0) is 12.8 Å². The van der Waals surface area contributed by atoms with Gasteiger partial charge in [0.15, 0.2) is 0 Å². The molecule has 1 aromatic rings. The number of aromatic nitrogens is 2. The van der Waals surface area contributed by atoms with Gasteiger partial charge in [-0.1, -0.05) is 11.8 Å². The fourth-order valence-electron chi connectivity index (χ4n) is 1.92. The molecule has 2 amide bonds. The number of likely N-dealkylation sites (tertiary alicyclic amines) is 1. The first kappa shape index (κ1) is 11.7. The van der Waals surface area contributed by atoms with E-state index in [0.717, 1.165) is 24.6 Å². The summed E-state index contributed by atoms with van der Waals surface area (Å²) in [5, 5.41) is 7.35. The number of carbonyl (C=O) groups excluding carboxylic acids is 2. The summed E-state index contributed by atoms with van der Waals surface area (Å²) in [7, 11) is 0. The van der Waals surface area contributed by atoms with Crippen LogP contribution < -0.4 is 5.73 Å². The molecule has 1 unspecified atom stereocenters. The number of nitrogens with zero attached hydrogens (tertiary/aromatic N) is 3. The lowest BCUT2D eigenvalue weighted by Crippen LogP contribution is -2.33. The molecule has 1 saturated carbocycles. The molecule has 1 saturated heterocycles. The van der Waals surface area contributed by atoms with Crippen LogP contribution in [-0.4, -0.2) is 38.2 Å². The first-order valence-corrected chi connectivity index (χ1v) is 6.62. The van der Waals surface area contributed by atoms with Crippen molar-refractivity contribution in [1.82, 2.24) is 15.1 Å². The Morgan fingerprint density at radius 3 is 2.78 bits per heavy atom. The number of imide groups is 1. The Kier molecular flexibility index (Phi) is 2.83. The van der Waals surface area contributed by atoms with E-state index < -0.39 is 5.25 Å². The molecule has 7 nitrogen and oxygen atoms in total. The monoisotopic (exact) mass is 268 g/mol. The van der Waals surface area contributed by atoms with Crippen molar-refractivity contribution in [3.05, 3.63) is 5.89 Å². The lowest BCUT2D eigenvalue weighted by atomic mass is 10.4. The van der Waals surface area contributed by atoms with Crippen molar-refractivity contribution in [1.29, 1.82) is 0 Å². The molecule has 0 aromatic carbocycles. The average molecular weight is 268 g/mol. The van der Waals surface area contributed by atoms with Crippen molar-refractivity contribution < 1.29 is 14.0 Å². The Bertz CT molecular complexity index is 499. The predicted molar refractivity (Wildman–Crippen MR) is 61.3 cm³/mol. The van der Waals surface area contributed by atoms with Gasteiger partial charge in [0.1, 0.15) is 5.25 Å². The maximum absolute atomic E-state index is 12.0. The minimum absolute atomic E-state index is 0.0986. The fourth-order valence-corrected chi connectivity index (χ4v) is 2.84. The summed E-state index contributed by atoms with van der Waals surface area (Å²) in [6.45, 7) is 0.166. The molecule has 18 heavy (non-hydrogen) atoms. The highest BCUT2D eigenvalue weighted by atomic mass is 32.2. The zero-order valence-corrected chi connectivity index (χ0v) is 10.4. The third-order valence-corrected chi connectivity index (χ3v) is 3.94. The molecular formula is C10H12N4O3S. The van der Waals surface area contributed by atoms with E-state index in [4.69, 9.17) is 10.2 Å². The maximum Gasteiger partial charge on any atom is 0.277 e. The van der Waals surface area contributed by atoms with E-state index in [1.165, 1.54) is 4.90 Å². The average Bonchev–Trinajstić information content (AvgIpc) is 3.00. The Morgan fingerprint density at radius 1 is 1.39 bits per heavy atom. The Labute approximate surface area is 107 Å². The first-order valence-electron chi connectivity index (χ1n) is 5.74. The molecule has 0 radical (unpaired) electrons. The third kappa shape index (κ3) is 2.01. The van der Waals surface area contributed by atoms with Crippen LogP contribution in [0.2, 0.25) is 0 Å². The van der Waals surface area contributed by atoms with Crippen molar-refractivity contribution in [2.75, 3.05) is 0 Å². The van der Waals surface area contributed by atoms with Crippen LogP contribution in [0.4, 0.5) is 0 Å². The van der Waals surface area contributed by atoms with Crippen LogP contribution in [0.5, 0.6) is 0 Å². The van der Waals surface area contributed by atoms with Gasteiger partial charge in [0, 0.05) is 12.5 Å². The summed E-state index contributed by atoms with van der Waals surface area (Å²) in [5.74, 6) is 0.0897. The molecule has 1 aliphatic heterocycles. The highest BCUT2D eigenvalue weighted by Crippen LogP contribution is 2.37. The van der Waals surface area contributed by atoms with Crippen LogP contribution in [0.3, 0.4) is 0 Å². The van der Waals surface area contributed by atoms with E-state index in [1.807, 2.05) is 0 Å². The van der Waals surface area contributed by atoms with Gasteiger partial charge in [-0.2, -0.15) is 0 Å². The third-order valence-electron chi connectivity index (χ3n) is 2.92. The highest BCUT2D eigenvalue weighted by molar-refractivity contribution is 8.00. The van der Waals surface area contributed by atoms with Gasteiger partial charge >= 0.3 is 0 Å². The summed E-state index contributed by atoms with van der Waals surface area (Å²) in [6, 6.07) is 0.123. The van der Waals surface area contributed by atoms with Crippen LogP contribution in [0.1, 0.15) is 25.2 Å². The molecule has 1 aliphatic carbocycles. The SMILES string of the molecule is NCc1nnc(SC2CC(=O)N(C3CC3)C2=O)o1. The van der Waals surface area contributed by atoms with Gasteiger partial charge in [0.2, 0.25) is 17.7 Å². The number of amides is 2. The van der Waals surface area contributed by atoms with Gasteiger partial charge < -0.3 is 10.2 Å². The molecule has 0 bridgehead atoms. The minimum Gasteiger partial charge on any atom is -0.415 e. The van der Waals surface area contributed by atoms with E-state index in [1.54, 1.807) is 0 Å². The molecule has 96 valence electrons. The van der Waals surface area contributed by atoms with Crippen molar-refractivity contribution >= 4 is 23.6 Å². The maximum atomic E-state index is 12.0. The lowest BCUT2D eigenvalue weighted by Gasteiger charge is -2.12. The van der Waals surface area contributed by atoms with Crippen molar-refractivity contribution in [3.63, 3.8) is 0 Å². The standard InChI is InChI=1S/C10H12N4O3S/c11-4-7-12-13-10(17-7)18-6-3-8(15)14(9(6)16)5-1-2-5/h5-6H,1-4,11H2. The van der Waals surface area contributed by atoms with Crippen LogP contribution in [0.25, 0.3) is 0 Å². The van der Waals surface area contributed by atoms with Crippen LogP contribution in [-0.2, 0) is 16.1 Å². The number of rotatable bonds is 4. The number of thioether (sulfide) groups is 1. The Hall–Kier alpha value is -1.41. The van der Waals surface area contributed by atoms with Gasteiger partial charge in [-0.15, -0.1) is 10.2 Å². The molecule has 8 heteroatoms. The van der Waals surface area contributed by atoms with Crippen molar-refractivity contribution in [2.45, 2.75) is 42.3 Å². The second-order valence-corrected chi connectivity index (χ2v) is 5.46. The van der Waals surface area contributed by atoms with Gasteiger partial charge in [-0.3, -0.25) is 14.5 Å². The first-order chi connectivity index (χ1) is 8.69. The summed E-state index contributed by atoms with van der Waals surface area (Å²) in [6.07, 6.45) is 2.06. The molecule has 2 N–H and O–H groups in total. The molecular weight excluding hydrogens is 256 g/mol. The van der Waals surface area contributed by atoms with E-state index >= 15 is 0 Å². The Morgan fingerprint density at radius 2 is 2.17 bits per heavy atom. The molecule has 0 spiro atoms. The van der Waals surface area contributed by atoms with Gasteiger partial charge in [-0.25, -0.2) is 0 Å². The zero-order chi connectivity index (χ0) is 12.7. The number of carbonyl (C=O) groups is 2. The van der Waals surface area contributed by atoms with Crippen molar-refractivity contribution in [2.24, 2.45) is 5.73 Å². The van der Waals surface area contributed by atoms with Crippen LogP contribution in [0, 0.1) is 0 Å². The smallest absolute Gasteiger partial charge is 0.277 e. The topological polar surface area (TPSA) is 102 Å². The second kappa shape index (κ2) is 4.36. The number of hydrogen-bond acceptors (Lipinski definition) is 7. The Balaban J connectivity index is 1.70. The number of hydrogen-bond donors (Lipinski definition) is 1. The normalized spacial score (nSPS) is 24.1. The summed E-state index contributed by atoms with van der Waals surface area (Å²) >= 11 is 1.14. The molecule has 2 fully saturated rings. The van der Waals surface area contributed by atoms with E-state index in [9.17, 15) is 9.59 Å². The van der Waals surface area contributed by atoms with Gasteiger partial charge in [0.05, 0.1) is 6.54 Å². The quantitative estimate of drug-likeness (QED) is 0.761. The van der Waals surface area contributed by atoms with E-state index in [0.29, 0.717) is 11.1 Å². The summed E-state index contributed by atoms with van der Waals surface area (Å²) in [4.78, 5) is 25.2. The van der Waals surface area contributed by atoms with Gasteiger partial charge in [0.25, 0.3) is 5.22 Å². The minimum atomic E-state index is -0.441. The second-order valence-electron chi connectivity index (χ2n) is 4.31. The highest BCUT2D eigenvalue weighted by Gasteiger charge is 2.46. The molecule has 2 aliphatic rings. The molecule has 1 aromatic heterocycles. The number of nitrogens with two attached hydrogens (primary N) is 1. The lowest BCUT2D eigenvalue weighted by molar-refractivity contribution is -0.138. The predicted octanol–water partition coefficient (Wildman–Crippen LogP) is -0.0897. The molecule has 1 atom stereocenters. The molecule has 3 rings (SSSR count). The fraction of sp³-hybridized carbons (Fsp3) is 0.600.